The standard InChI is InChI=1S/2C52H65ClN6O8S/c2*1-31(66-38-20-17-35(18-21-38)45(62)58-48-51(6,7)49(52(48,8)9)67-39-22-19-36(26-54)40(53)25-39)12-10-11-23-65-29-42(61)57-44(50(3,4)5)47(64)59-28-37(60)24-41(59)46(63)55-27-33-13-15-34(16-14-33)43-32(2)56-30-68-43/h2*13-22,25,30-31,37,41,44,48-49,60H,10-12,23-24,27-29H2,1-9H3,(H,55,63)(H,57,61)(H,58,62)/t31-,37?,41?,44-,48?,49?;31-,37+,41-,44+,48?,49?/m10/s1. The molecule has 2 aliphatic heterocycles. The van der Waals surface area contributed by atoms with E-state index in [1.54, 1.807) is 108 Å². The molecule has 2 saturated carbocycles. The van der Waals surface area contributed by atoms with E-state index < -0.39 is 92.5 Å². The predicted molar refractivity (Wildman–Crippen MR) is 524 cm³/mol. The lowest BCUT2D eigenvalue weighted by atomic mass is 9.49. The molecule has 2 aromatic heterocycles. The number of β-amino-alcohol motifs (C(OH)–C–C–N with tert-alkyl or cyclic N) is 2. The number of nitrogens with zero attached hydrogens (tertiary/aromatic N) is 6. The number of aliphatic hydroxyl groups excluding tert-OH is 2. The summed E-state index contributed by atoms with van der Waals surface area (Å²) in [6.07, 6.45) is 2.18. The van der Waals surface area contributed by atoms with Gasteiger partial charge in [-0.15, -0.1) is 22.7 Å². The van der Waals surface area contributed by atoms with E-state index in [4.69, 9.17) is 51.6 Å². The molecule has 4 heterocycles. The summed E-state index contributed by atoms with van der Waals surface area (Å²) in [5.41, 5.74) is 8.25. The third-order valence-corrected chi connectivity index (χ3v) is 28.5. The molecule has 0 spiro atoms. The summed E-state index contributed by atoms with van der Waals surface area (Å²) in [5.74, 6) is -0.472. The minimum absolute atomic E-state index is 0.0146. The van der Waals surface area contributed by atoms with Gasteiger partial charge >= 0.3 is 0 Å². The van der Waals surface area contributed by atoms with E-state index in [9.17, 15) is 59.1 Å². The van der Waals surface area contributed by atoms with E-state index >= 15 is 0 Å². The van der Waals surface area contributed by atoms with Gasteiger partial charge < -0.3 is 80.3 Å². The first kappa shape index (κ1) is 105. The van der Waals surface area contributed by atoms with Crippen LogP contribution in [0.3, 0.4) is 0 Å². The molecular weight excluding hydrogens is 1810 g/mol. The molecule has 8 aromatic rings. The van der Waals surface area contributed by atoms with E-state index in [1.807, 2.05) is 129 Å². The van der Waals surface area contributed by atoms with Crippen LogP contribution in [0.1, 0.15) is 217 Å². The summed E-state index contributed by atoms with van der Waals surface area (Å²) in [6.45, 7) is 36.1. The predicted octanol–water partition coefficient (Wildman–Crippen LogP) is 16.0. The van der Waals surface area contributed by atoms with Crippen LogP contribution in [0, 0.1) is 69.0 Å². The fraction of sp³-hybridized carbons (Fsp3) is 0.500. The molecule has 6 aromatic carbocycles. The first-order valence-electron chi connectivity index (χ1n) is 46.3. The number of ether oxygens (including phenoxy) is 6. The smallest absolute Gasteiger partial charge is 0.251 e. The van der Waals surface area contributed by atoms with Crippen molar-refractivity contribution < 1.29 is 77.0 Å². The average molecular weight is 1940 g/mol. The largest absolute Gasteiger partial charge is 0.491 e. The molecule has 2 aliphatic carbocycles. The number of rotatable bonds is 38. The molecule has 12 rings (SSSR count). The number of halogens is 2. The number of carbonyl (C=O) groups is 8. The van der Waals surface area contributed by atoms with Crippen LogP contribution in [0.25, 0.3) is 20.9 Å². The first-order valence-corrected chi connectivity index (χ1v) is 48.8. The molecule has 4 fully saturated rings. The minimum atomic E-state index is -0.957. The fourth-order valence-electron chi connectivity index (χ4n) is 19.1. The molecule has 8 atom stereocenters. The van der Waals surface area contributed by atoms with Crippen molar-refractivity contribution in [3.05, 3.63) is 199 Å². The van der Waals surface area contributed by atoms with Crippen molar-refractivity contribution in [2.45, 2.75) is 262 Å². The maximum absolute atomic E-state index is 14.0. The van der Waals surface area contributed by atoms with Crippen molar-refractivity contribution in [1.29, 1.82) is 10.5 Å². The molecule has 8 amide bonds. The van der Waals surface area contributed by atoms with Gasteiger partial charge in [-0.3, -0.25) is 38.4 Å². The first-order chi connectivity index (χ1) is 64.2. The summed E-state index contributed by atoms with van der Waals surface area (Å²) >= 11 is 15.6. The maximum atomic E-state index is 14.0. The summed E-state index contributed by atoms with van der Waals surface area (Å²) < 4.78 is 36.4. The number of carbonyl (C=O) groups excluding carboxylic acids is 8. The van der Waals surface area contributed by atoms with Gasteiger partial charge in [-0.1, -0.05) is 169 Å². The molecule has 0 bridgehead atoms. The summed E-state index contributed by atoms with van der Waals surface area (Å²) in [6, 6.07) is 40.0. The number of aliphatic hydroxyl groups is 2. The third kappa shape index (κ3) is 26.4. The lowest BCUT2D eigenvalue weighted by molar-refractivity contribution is -0.164. The molecule has 28 nitrogen and oxygen atoms in total. The quantitative estimate of drug-likeness (QED) is 0.0167. The number of thiazole rings is 2. The second-order valence-electron chi connectivity index (χ2n) is 40.5. The van der Waals surface area contributed by atoms with Crippen molar-refractivity contribution >= 4 is 93.1 Å². The molecule has 728 valence electrons. The Bertz CT molecular complexity index is 5230. The van der Waals surface area contributed by atoms with Crippen LogP contribution < -0.4 is 50.8 Å². The molecular formula is C104H130Cl2N12O16S2. The highest BCUT2D eigenvalue weighted by Crippen LogP contribution is 2.57. The highest BCUT2D eigenvalue weighted by molar-refractivity contribution is 7.13. The zero-order valence-corrected chi connectivity index (χ0v) is 84.1. The van der Waals surface area contributed by atoms with Crippen molar-refractivity contribution in [2.75, 3.05) is 39.5 Å². The lowest BCUT2D eigenvalue weighted by Crippen LogP contribution is -2.74. The highest BCUT2D eigenvalue weighted by Gasteiger charge is 2.65. The van der Waals surface area contributed by atoms with Gasteiger partial charge in [0.1, 0.15) is 84.7 Å². The highest BCUT2D eigenvalue weighted by atomic mass is 35.5. The van der Waals surface area contributed by atoms with Crippen LogP contribution in [-0.4, -0.2) is 190 Å². The lowest BCUT2D eigenvalue weighted by Gasteiger charge is -2.63. The van der Waals surface area contributed by atoms with E-state index in [-0.39, 0.29) is 112 Å². The molecule has 4 aliphatic rings. The Morgan fingerprint density at radius 3 is 1.15 bits per heavy atom. The maximum Gasteiger partial charge on any atom is 0.251 e. The molecule has 0 radical (unpaired) electrons. The van der Waals surface area contributed by atoms with Crippen molar-refractivity contribution in [2.24, 2.45) is 32.5 Å². The van der Waals surface area contributed by atoms with Gasteiger partial charge in [-0.2, -0.15) is 10.5 Å². The number of nitrogens with one attached hydrogen (secondary N) is 6. The molecule has 2 saturated heterocycles. The van der Waals surface area contributed by atoms with Crippen LogP contribution in [0.5, 0.6) is 23.0 Å². The van der Waals surface area contributed by atoms with Gasteiger partial charge in [0.15, 0.2) is 0 Å². The number of likely N-dealkylation sites (tertiary alicyclic amines) is 2. The van der Waals surface area contributed by atoms with Gasteiger partial charge in [0.25, 0.3) is 11.8 Å². The van der Waals surface area contributed by atoms with E-state index in [0.717, 1.165) is 69.1 Å². The number of amides is 8. The van der Waals surface area contributed by atoms with Crippen molar-refractivity contribution in [1.82, 2.24) is 51.7 Å². The molecule has 2 unspecified atom stereocenters. The molecule has 136 heavy (non-hydrogen) atoms. The van der Waals surface area contributed by atoms with Gasteiger partial charge in [-0.05, 0) is 172 Å². The van der Waals surface area contributed by atoms with Crippen LogP contribution in [0.4, 0.5) is 0 Å². The number of nitriles is 2. The van der Waals surface area contributed by atoms with Crippen LogP contribution >= 0.6 is 45.9 Å². The number of unbranched alkanes of at least 4 members (excludes halogenated alkanes) is 2. The topological polar surface area (TPSA) is 384 Å². The SMILES string of the molecule is Cc1ncsc1-c1ccc(CNC(=O)C2CC(O)CN2C(=O)[C@@H](NC(=O)COCCCC[C@@H](C)Oc2ccc(C(=O)NC3C(C)(C)C(Oc4ccc(C#N)c(Cl)c4)C3(C)C)cc2)C(C)(C)C)cc1.Cc1ncsc1-c1ccc(CNC(=O)[C@@H]2C[C@@H](O)CN2C(=O)[C@@H](NC(=O)COCCCC[C@H](C)Oc2ccc(C(=O)NC3C(C)(C)C(Oc4ccc(C#N)c(Cl)c4)C3(C)C)cc2)C(C)(C)C)cc1. The minimum Gasteiger partial charge on any atom is -0.491 e. The number of hydrogen-bond donors (Lipinski definition) is 8. The van der Waals surface area contributed by atoms with Crippen LogP contribution in [-0.2, 0) is 51.3 Å². The Labute approximate surface area is 816 Å². The second kappa shape index (κ2) is 45.5. The fourth-order valence-corrected chi connectivity index (χ4v) is 21.2. The Morgan fingerprint density at radius 1 is 0.500 bits per heavy atom. The normalized spacial score (nSPS) is 20.3. The van der Waals surface area contributed by atoms with Gasteiger partial charge in [0, 0.05) is 109 Å². The van der Waals surface area contributed by atoms with Gasteiger partial charge in [0.05, 0.1) is 77.8 Å². The monoisotopic (exact) mass is 1940 g/mol. The van der Waals surface area contributed by atoms with Crippen molar-refractivity contribution in [3.8, 4) is 56.0 Å². The summed E-state index contributed by atoms with van der Waals surface area (Å²) in [7, 11) is 0. The zero-order chi connectivity index (χ0) is 99.1. The number of hydrogen-bond acceptors (Lipinski definition) is 22. The Hall–Kier alpha value is -11.1. The van der Waals surface area contributed by atoms with E-state index in [2.05, 4.69) is 109 Å². The average Bonchev–Trinajstić information content (AvgIpc) is 0.903. The second-order valence-corrected chi connectivity index (χ2v) is 43.0. The third-order valence-electron chi connectivity index (χ3n) is 26.0. The number of aryl methyl sites for hydroxylation is 2. The van der Waals surface area contributed by atoms with Gasteiger partial charge in [-0.25, -0.2) is 9.97 Å². The van der Waals surface area contributed by atoms with Crippen molar-refractivity contribution in [3.63, 3.8) is 0 Å². The Morgan fingerprint density at radius 2 is 0.838 bits per heavy atom. The summed E-state index contributed by atoms with van der Waals surface area (Å²) in [5, 5.41) is 58.2. The molecule has 8 N–H and O–H groups in total. The van der Waals surface area contributed by atoms with Gasteiger partial charge in [0.2, 0.25) is 35.4 Å². The number of benzene rings is 6. The van der Waals surface area contributed by atoms with E-state index in [0.29, 0.717) is 81.4 Å². The van der Waals surface area contributed by atoms with E-state index in [1.165, 1.54) is 9.80 Å². The number of aromatic nitrogens is 2. The van der Waals surface area contributed by atoms with Crippen LogP contribution in [0.2, 0.25) is 10.0 Å². The Balaban J connectivity index is 0.000000261. The zero-order valence-electron chi connectivity index (χ0n) is 81.0. The molecule has 32 heteroatoms. The Kier molecular flexibility index (Phi) is 35.3. The van der Waals surface area contributed by atoms with Crippen LogP contribution in [0.15, 0.2) is 144 Å². The summed E-state index contributed by atoms with van der Waals surface area (Å²) in [4.78, 5) is 122.